The smallest absolute Gasteiger partial charge is 0.238 e. The molecule has 0 aromatic heterocycles. The predicted octanol–water partition coefficient (Wildman–Crippen LogP) is 4.38. The average molecular weight is 417 g/mol. The lowest BCUT2D eigenvalue weighted by Crippen LogP contribution is -2.43. The largest absolute Gasteiger partial charge is 0.486 e. The molecule has 1 atom stereocenters. The number of hydrogen-bond acceptors (Lipinski definition) is 4. The van der Waals surface area contributed by atoms with Crippen LogP contribution in [0.3, 0.4) is 0 Å². The molecule has 0 radical (unpaired) electrons. The fourth-order valence-corrected chi connectivity index (χ4v) is 3.75. The standard InChI is InChI=1S/C26H28N2O3/c1-2-28(17-22-19-30-24-14-8-9-15-25(24)31-22)18-26(29)27-23-13-7-6-12-21(23)16-20-10-4-3-5-11-20/h3-15,22H,2,16-19H2,1H3,(H,27,29). The van der Waals surface area contributed by atoms with E-state index in [2.05, 4.69) is 28.4 Å². The second-order valence-corrected chi connectivity index (χ2v) is 7.69. The number of benzene rings is 3. The fourth-order valence-electron chi connectivity index (χ4n) is 3.75. The molecule has 0 bridgehead atoms. The normalized spacial score (nSPS) is 15.0. The maximum Gasteiger partial charge on any atom is 0.238 e. The van der Waals surface area contributed by atoms with Gasteiger partial charge in [0.25, 0.3) is 0 Å². The van der Waals surface area contributed by atoms with E-state index in [4.69, 9.17) is 9.47 Å². The summed E-state index contributed by atoms with van der Waals surface area (Å²) in [6.45, 7) is 4.21. The van der Waals surface area contributed by atoms with Crippen LogP contribution in [0.1, 0.15) is 18.1 Å². The first-order valence-electron chi connectivity index (χ1n) is 10.7. The Bertz CT molecular complexity index is 1010. The monoisotopic (exact) mass is 416 g/mol. The first kappa shape index (κ1) is 20.9. The molecule has 0 fully saturated rings. The van der Waals surface area contributed by atoms with Crippen LogP contribution in [0.4, 0.5) is 5.69 Å². The third-order valence-electron chi connectivity index (χ3n) is 5.37. The number of likely N-dealkylation sites (N-methyl/N-ethyl adjacent to an activating group) is 1. The van der Waals surface area contributed by atoms with Gasteiger partial charge in [0.2, 0.25) is 5.91 Å². The summed E-state index contributed by atoms with van der Waals surface area (Å²) >= 11 is 0. The number of carbonyl (C=O) groups is 1. The SMILES string of the molecule is CCN(CC(=O)Nc1ccccc1Cc1ccccc1)CC1COc2ccccc2O1. The van der Waals surface area contributed by atoms with E-state index in [1.54, 1.807) is 0 Å². The van der Waals surface area contributed by atoms with E-state index in [1.165, 1.54) is 5.56 Å². The van der Waals surface area contributed by atoms with Crippen molar-refractivity contribution in [2.24, 2.45) is 0 Å². The van der Waals surface area contributed by atoms with Gasteiger partial charge in [0.15, 0.2) is 11.5 Å². The van der Waals surface area contributed by atoms with Gasteiger partial charge in [-0.25, -0.2) is 0 Å². The molecule has 5 heteroatoms. The number of anilines is 1. The van der Waals surface area contributed by atoms with Crippen molar-refractivity contribution in [1.29, 1.82) is 0 Å². The zero-order chi connectivity index (χ0) is 21.5. The Labute approximate surface area is 183 Å². The Morgan fingerprint density at radius 3 is 2.48 bits per heavy atom. The molecular formula is C26H28N2O3. The van der Waals surface area contributed by atoms with Crippen LogP contribution in [-0.2, 0) is 11.2 Å². The van der Waals surface area contributed by atoms with Crippen LogP contribution in [0, 0.1) is 0 Å². The van der Waals surface area contributed by atoms with Gasteiger partial charge < -0.3 is 14.8 Å². The lowest BCUT2D eigenvalue weighted by molar-refractivity contribution is -0.117. The third kappa shape index (κ3) is 5.64. The van der Waals surface area contributed by atoms with E-state index < -0.39 is 0 Å². The van der Waals surface area contributed by atoms with Crippen molar-refractivity contribution in [3.8, 4) is 11.5 Å². The summed E-state index contributed by atoms with van der Waals surface area (Å²) < 4.78 is 11.9. The molecule has 1 aliphatic rings. The summed E-state index contributed by atoms with van der Waals surface area (Å²) in [4.78, 5) is 14.9. The van der Waals surface area contributed by atoms with Crippen molar-refractivity contribution < 1.29 is 14.3 Å². The van der Waals surface area contributed by atoms with E-state index in [0.717, 1.165) is 35.7 Å². The van der Waals surface area contributed by atoms with Gasteiger partial charge in [-0.1, -0.05) is 67.6 Å². The summed E-state index contributed by atoms with van der Waals surface area (Å²) in [5, 5.41) is 3.10. The lowest BCUT2D eigenvalue weighted by atomic mass is 10.0. The molecular weight excluding hydrogens is 388 g/mol. The summed E-state index contributed by atoms with van der Waals surface area (Å²) in [5.41, 5.74) is 3.18. The molecule has 0 aliphatic carbocycles. The Morgan fingerprint density at radius 1 is 0.968 bits per heavy atom. The maximum absolute atomic E-state index is 12.8. The molecule has 1 unspecified atom stereocenters. The topological polar surface area (TPSA) is 50.8 Å². The summed E-state index contributed by atoms with van der Waals surface area (Å²) in [6, 6.07) is 25.9. The van der Waals surface area contributed by atoms with Gasteiger partial charge >= 0.3 is 0 Å². The van der Waals surface area contributed by atoms with Crippen LogP contribution in [0.15, 0.2) is 78.9 Å². The number of hydrogen-bond donors (Lipinski definition) is 1. The Hall–Kier alpha value is -3.31. The number of fused-ring (bicyclic) bond motifs is 1. The van der Waals surface area contributed by atoms with E-state index >= 15 is 0 Å². The van der Waals surface area contributed by atoms with Crippen molar-refractivity contribution >= 4 is 11.6 Å². The predicted molar refractivity (Wildman–Crippen MR) is 123 cm³/mol. The van der Waals surface area contributed by atoms with Crippen LogP contribution in [-0.4, -0.2) is 43.2 Å². The number of amides is 1. The van der Waals surface area contributed by atoms with Crippen LogP contribution >= 0.6 is 0 Å². The van der Waals surface area contributed by atoms with Gasteiger partial charge in [-0.15, -0.1) is 0 Å². The molecule has 0 spiro atoms. The minimum Gasteiger partial charge on any atom is -0.486 e. The molecule has 1 aliphatic heterocycles. The van der Waals surface area contributed by atoms with Crippen molar-refractivity contribution in [2.45, 2.75) is 19.4 Å². The third-order valence-corrected chi connectivity index (χ3v) is 5.37. The fraction of sp³-hybridized carbons (Fsp3) is 0.269. The van der Waals surface area contributed by atoms with Crippen molar-refractivity contribution in [2.75, 3.05) is 31.6 Å². The Morgan fingerprint density at radius 2 is 1.68 bits per heavy atom. The highest BCUT2D eigenvalue weighted by Gasteiger charge is 2.23. The highest BCUT2D eigenvalue weighted by molar-refractivity contribution is 5.93. The van der Waals surface area contributed by atoms with E-state index in [9.17, 15) is 4.79 Å². The van der Waals surface area contributed by atoms with Crippen molar-refractivity contribution in [1.82, 2.24) is 4.90 Å². The van der Waals surface area contributed by atoms with Gasteiger partial charge in [0, 0.05) is 12.2 Å². The number of rotatable bonds is 8. The number of para-hydroxylation sites is 3. The molecule has 3 aromatic rings. The summed E-state index contributed by atoms with van der Waals surface area (Å²) in [6.07, 6.45) is 0.676. The molecule has 5 nitrogen and oxygen atoms in total. The van der Waals surface area contributed by atoms with Crippen LogP contribution in [0.25, 0.3) is 0 Å². The minimum atomic E-state index is -0.104. The average Bonchev–Trinajstić information content (AvgIpc) is 2.80. The minimum absolute atomic E-state index is 0.0283. The zero-order valence-corrected chi connectivity index (χ0v) is 17.8. The van der Waals surface area contributed by atoms with E-state index in [0.29, 0.717) is 19.7 Å². The van der Waals surface area contributed by atoms with Crippen LogP contribution in [0.2, 0.25) is 0 Å². The maximum atomic E-state index is 12.8. The molecule has 160 valence electrons. The number of carbonyl (C=O) groups excluding carboxylic acids is 1. The van der Waals surface area contributed by atoms with Gasteiger partial charge in [-0.05, 0) is 42.3 Å². The molecule has 1 amide bonds. The first-order chi connectivity index (χ1) is 15.2. The van der Waals surface area contributed by atoms with Crippen molar-refractivity contribution in [3.63, 3.8) is 0 Å². The van der Waals surface area contributed by atoms with Gasteiger partial charge in [-0.2, -0.15) is 0 Å². The molecule has 31 heavy (non-hydrogen) atoms. The second kappa shape index (κ2) is 10.1. The zero-order valence-electron chi connectivity index (χ0n) is 17.8. The highest BCUT2D eigenvalue weighted by Crippen LogP contribution is 2.31. The van der Waals surface area contributed by atoms with Gasteiger partial charge in [0.1, 0.15) is 12.7 Å². The second-order valence-electron chi connectivity index (χ2n) is 7.69. The number of ether oxygens (including phenoxy) is 2. The van der Waals surface area contributed by atoms with E-state index in [1.807, 2.05) is 67.6 Å². The molecule has 0 saturated heterocycles. The highest BCUT2D eigenvalue weighted by atomic mass is 16.6. The first-order valence-corrected chi connectivity index (χ1v) is 10.7. The quantitative estimate of drug-likeness (QED) is 0.592. The molecule has 4 rings (SSSR count). The number of nitrogens with one attached hydrogen (secondary N) is 1. The number of nitrogens with zero attached hydrogens (tertiary/aromatic N) is 1. The van der Waals surface area contributed by atoms with Crippen LogP contribution < -0.4 is 14.8 Å². The molecule has 0 saturated carbocycles. The molecule has 1 N–H and O–H groups in total. The summed E-state index contributed by atoms with van der Waals surface area (Å²) in [5.74, 6) is 1.50. The van der Waals surface area contributed by atoms with E-state index in [-0.39, 0.29) is 12.0 Å². The Balaban J connectivity index is 1.35. The van der Waals surface area contributed by atoms with Gasteiger partial charge in [0.05, 0.1) is 6.54 Å². The lowest BCUT2D eigenvalue weighted by Gasteiger charge is -2.30. The molecule has 3 aromatic carbocycles. The Kier molecular flexibility index (Phi) is 6.85. The van der Waals surface area contributed by atoms with Crippen molar-refractivity contribution in [3.05, 3.63) is 90.0 Å². The van der Waals surface area contributed by atoms with Gasteiger partial charge in [-0.3, -0.25) is 9.69 Å². The summed E-state index contributed by atoms with van der Waals surface area (Å²) in [7, 11) is 0. The van der Waals surface area contributed by atoms with Crippen LogP contribution in [0.5, 0.6) is 11.5 Å². The molecule has 1 heterocycles.